The lowest BCUT2D eigenvalue weighted by atomic mass is 9.75. The fourth-order valence-corrected chi connectivity index (χ4v) is 3.42. The summed E-state index contributed by atoms with van der Waals surface area (Å²) in [7, 11) is 0. The summed E-state index contributed by atoms with van der Waals surface area (Å²) in [6.45, 7) is 10.7. The van der Waals surface area contributed by atoms with Crippen LogP contribution in [0.5, 0.6) is 0 Å². The Balaban J connectivity index is 2.37. The van der Waals surface area contributed by atoms with Crippen molar-refractivity contribution in [3.8, 4) is 0 Å². The summed E-state index contributed by atoms with van der Waals surface area (Å²) in [5, 5.41) is 10.7. The van der Waals surface area contributed by atoms with Crippen molar-refractivity contribution >= 4 is 0 Å². The Kier molecular flexibility index (Phi) is 5.34. The molecule has 1 N–H and O–H groups in total. The molecule has 0 amide bonds. The van der Waals surface area contributed by atoms with Crippen LogP contribution in [0.2, 0.25) is 0 Å². The van der Waals surface area contributed by atoms with Gasteiger partial charge in [-0.3, -0.25) is 0 Å². The molecule has 0 aromatic carbocycles. The fraction of sp³-hybridized carbons (Fsp3) is 0.700. The van der Waals surface area contributed by atoms with Crippen LogP contribution >= 0.6 is 0 Å². The first-order chi connectivity index (χ1) is 10.3. The third-order valence-electron chi connectivity index (χ3n) is 5.39. The van der Waals surface area contributed by atoms with Gasteiger partial charge >= 0.3 is 0 Å². The third-order valence-corrected chi connectivity index (χ3v) is 5.39. The summed E-state index contributed by atoms with van der Waals surface area (Å²) in [4.78, 5) is 0. The number of ether oxygens (including phenoxy) is 1. The SMILES string of the molecule is CC1=C/C/C=C(\C)CC[C@@H]2O[C@](C(C)C)(\C=C\1)CC[C@]2(C)O. The standard InChI is InChI=1S/C20H32O2/c1-15(2)20-12-11-17(4)8-6-7-16(3)9-10-18(22-20)19(5,21)13-14-20/h7-8,11-12,15,18,21H,6,9-10,13-14H2,1-5H3/b12-11+,16-7+,17-8-/t18-,19-,20+/m0/s1. The number of rotatable bonds is 1. The Morgan fingerprint density at radius 3 is 2.64 bits per heavy atom. The average Bonchev–Trinajstić information content (AvgIpc) is 2.43. The van der Waals surface area contributed by atoms with Gasteiger partial charge in [0.1, 0.15) is 0 Å². The van der Waals surface area contributed by atoms with Crippen LogP contribution in [0.1, 0.15) is 66.7 Å². The normalized spacial score (nSPS) is 43.3. The molecule has 0 aromatic heterocycles. The summed E-state index contributed by atoms with van der Waals surface area (Å²) in [6.07, 6.45) is 13.4. The van der Waals surface area contributed by atoms with Crippen molar-refractivity contribution in [2.75, 3.05) is 0 Å². The van der Waals surface area contributed by atoms with E-state index in [1.165, 1.54) is 11.1 Å². The monoisotopic (exact) mass is 304 g/mol. The summed E-state index contributed by atoms with van der Waals surface area (Å²) < 4.78 is 6.53. The van der Waals surface area contributed by atoms with Crippen molar-refractivity contribution in [1.29, 1.82) is 0 Å². The van der Waals surface area contributed by atoms with Crippen LogP contribution in [-0.4, -0.2) is 22.4 Å². The molecule has 0 radical (unpaired) electrons. The maximum atomic E-state index is 10.7. The van der Waals surface area contributed by atoms with Crippen LogP contribution < -0.4 is 0 Å². The molecule has 2 heteroatoms. The van der Waals surface area contributed by atoms with Crippen LogP contribution in [0.3, 0.4) is 0 Å². The highest BCUT2D eigenvalue weighted by Crippen LogP contribution is 2.42. The molecule has 2 nitrogen and oxygen atoms in total. The first-order valence-corrected chi connectivity index (χ1v) is 8.67. The number of hydrogen-bond donors (Lipinski definition) is 1. The molecule has 2 aliphatic heterocycles. The molecule has 2 rings (SSSR count). The average molecular weight is 304 g/mol. The predicted molar refractivity (Wildman–Crippen MR) is 92.8 cm³/mol. The molecule has 0 saturated carbocycles. The molecule has 1 saturated heterocycles. The lowest BCUT2D eigenvalue weighted by Gasteiger charge is -2.49. The van der Waals surface area contributed by atoms with E-state index in [1.807, 2.05) is 6.92 Å². The van der Waals surface area contributed by atoms with E-state index in [2.05, 4.69) is 52.0 Å². The van der Waals surface area contributed by atoms with Crippen molar-refractivity contribution in [2.24, 2.45) is 5.92 Å². The molecule has 3 atom stereocenters. The van der Waals surface area contributed by atoms with Gasteiger partial charge in [0.2, 0.25) is 0 Å². The van der Waals surface area contributed by atoms with E-state index in [0.717, 1.165) is 32.1 Å². The third kappa shape index (κ3) is 3.91. The smallest absolute Gasteiger partial charge is 0.0894 e. The van der Waals surface area contributed by atoms with Gasteiger partial charge in [-0.15, -0.1) is 0 Å². The molecule has 0 unspecified atom stereocenters. The molecule has 1 fully saturated rings. The predicted octanol–water partition coefficient (Wildman–Crippen LogP) is 4.94. The molecule has 0 aliphatic carbocycles. The van der Waals surface area contributed by atoms with Crippen molar-refractivity contribution in [3.63, 3.8) is 0 Å². The van der Waals surface area contributed by atoms with Crippen LogP contribution in [0, 0.1) is 5.92 Å². The first-order valence-electron chi connectivity index (χ1n) is 8.67. The van der Waals surface area contributed by atoms with Gasteiger partial charge < -0.3 is 9.84 Å². The molecule has 2 heterocycles. The van der Waals surface area contributed by atoms with Gasteiger partial charge in [-0.25, -0.2) is 0 Å². The minimum Gasteiger partial charge on any atom is -0.387 e. The molecular formula is C20H32O2. The van der Waals surface area contributed by atoms with Gasteiger partial charge in [0.25, 0.3) is 0 Å². The van der Waals surface area contributed by atoms with Crippen molar-refractivity contribution in [1.82, 2.24) is 0 Å². The number of aliphatic hydroxyl groups is 1. The van der Waals surface area contributed by atoms with Gasteiger partial charge in [0.05, 0.1) is 17.3 Å². The molecule has 0 aromatic rings. The summed E-state index contributed by atoms with van der Waals surface area (Å²) in [5.41, 5.74) is 1.69. The number of hydrogen-bond acceptors (Lipinski definition) is 2. The second-order valence-corrected chi connectivity index (χ2v) is 7.68. The van der Waals surface area contributed by atoms with Gasteiger partial charge in [-0.1, -0.05) is 49.3 Å². The van der Waals surface area contributed by atoms with Gasteiger partial charge in [-0.05, 0) is 58.8 Å². The highest BCUT2D eigenvalue weighted by atomic mass is 16.5. The molecule has 124 valence electrons. The quantitative estimate of drug-likeness (QED) is 0.695. The maximum absolute atomic E-state index is 10.7. The van der Waals surface area contributed by atoms with E-state index in [4.69, 9.17) is 4.74 Å². The second-order valence-electron chi connectivity index (χ2n) is 7.68. The molecular weight excluding hydrogens is 272 g/mol. The second kappa shape index (κ2) is 6.72. The van der Waals surface area contributed by atoms with Crippen molar-refractivity contribution < 1.29 is 9.84 Å². The Morgan fingerprint density at radius 2 is 1.95 bits per heavy atom. The van der Waals surface area contributed by atoms with Crippen molar-refractivity contribution in [3.05, 3.63) is 35.5 Å². The Hall–Kier alpha value is -0.860. The zero-order valence-electron chi connectivity index (χ0n) is 14.9. The number of fused-ring (bicyclic) bond motifs is 2. The van der Waals surface area contributed by atoms with E-state index >= 15 is 0 Å². The summed E-state index contributed by atoms with van der Waals surface area (Å²) in [6, 6.07) is 0. The maximum Gasteiger partial charge on any atom is 0.0894 e. The zero-order valence-corrected chi connectivity index (χ0v) is 14.9. The van der Waals surface area contributed by atoms with Crippen LogP contribution in [-0.2, 0) is 4.74 Å². The molecule has 22 heavy (non-hydrogen) atoms. The van der Waals surface area contributed by atoms with Crippen LogP contribution in [0.4, 0.5) is 0 Å². The van der Waals surface area contributed by atoms with Crippen LogP contribution in [0.25, 0.3) is 0 Å². The van der Waals surface area contributed by atoms with E-state index in [1.54, 1.807) is 0 Å². The van der Waals surface area contributed by atoms with Gasteiger partial charge in [0, 0.05) is 0 Å². The van der Waals surface area contributed by atoms with Gasteiger partial charge in [-0.2, -0.15) is 0 Å². The lowest BCUT2D eigenvalue weighted by molar-refractivity contribution is -0.210. The van der Waals surface area contributed by atoms with Gasteiger partial charge in [0.15, 0.2) is 0 Å². The highest BCUT2D eigenvalue weighted by Gasteiger charge is 2.46. The zero-order chi connectivity index (χ0) is 16.4. The van der Waals surface area contributed by atoms with E-state index in [0.29, 0.717) is 5.92 Å². The van der Waals surface area contributed by atoms with E-state index < -0.39 is 5.60 Å². The minimum atomic E-state index is -0.721. The molecule has 0 spiro atoms. The first kappa shape index (κ1) is 17.5. The Labute approximate surface area is 136 Å². The van der Waals surface area contributed by atoms with Crippen LogP contribution in [0.15, 0.2) is 35.5 Å². The largest absolute Gasteiger partial charge is 0.387 e. The molecule has 2 aliphatic rings. The summed E-state index contributed by atoms with van der Waals surface area (Å²) in [5.74, 6) is 0.398. The Bertz CT molecular complexity index is 482. The Morgan fingerprint density at radius 1 is 1.23 bits per heavy atom. The minimum absolute atomic E-state index is 0.0969. The number of allylic oxidation sites excluding steroid dienone is 5. The van der Waals surface area contributed by atoms with Crippen molar-refractivity contribution in [2.45, 2.75) is 84.0 Å². The van der Waals surface area contributed by atoms with E-state index in [9.17, 15) is 5.11 Å². The lowest BCUT2D eigenvalue weighted by Crippen LogP contribution is -2.54. The highest BCUT2D eigenvalue weighted by molar-refractivity contribution is 5.23. The summed E-state index contributed by atoms with van der Waals surface area (Å²) >= 11 is 0. The van der Waals surface area contributed by atoms with E-state index in [-0.39, 0.29) is 11.7 Å². The molecule has 2 bridgehead atoms. The topological polar surface area (TPSA) is 29.5 Å². The fourth-order valence-electron chi connectivity index (χ4n) is 3.42.